The molecule has 1 aliphatic rings. The van der Waals surface area contributed by atoms with E-state index in [1.54, 1.807) is 0 Å². The van der Waals surface area contributed by atoms with Gasteiger partial charge in [0.15, 0.2) is 0 Å². The van der Waals surface area contributed by atoms with Gasteiger partial charge in [0.2, 0.25) is 0 Å². The molecule has 1 unspecified atom stereocenters. The van der Waals surface area contributed by atoms with Gasteiger partial charge in [-0.1, -0.05) is 51.1 Å². The molecule has 0 radical (unpaired) electrons. The highest BCUT2D eigenvalue weighted by Gasteiger charge is 2.34. The summed E-state index contributed by atoms with van der Waals surface area (Å²) < 4.78 is 5.53. The van der Waals surface area contributed by atoms with Crippen LogP contribution in [0.1, 0.15) is 45.6 Å². The number of ether oxygens (including phenoxy) is 1. The van der Waals surface area contributed by atoms with Gasteiger partial charge in [-0.3, -0.25) is 0 Å². The molecule has 140 valence electrons. The van der Waals surface area contributed by atoms with Gasteiger partial charge in [0.25, 0.3) is 0 Å². The fourth-order valence-corrected chi connectivity index (χ4v) is 3.51. The Morgan fingerprint density at radius 2 is 1.88 bits per heavy atom. The van der Waals surface area contributed by atoms with Crippen molar-refractivity contribution in [1.29, 1.82) is 0 Å². The predicted molar refractivity (Wildman–Crippen MR) is 99.7 cm³/mol. The van der Waals surface area contributed by atoms with E-state index in [1.807, 2.05) is 18.2 Å². The lowest BCUT2D eigenvalue weighted by atomic mass is 9.74. The average Bonchev–Trinajstić information content (AvgIpc) is 2.60. The van der Waals surface area contributed by atoms with Gasteiger partial charge in [-0.2, -0.15) is 0 Å². The number of nitrogens with one attached hydrogen (secondary N) is 2. The van der Waals surface area contributed by atoms with Crippen LogP contribution in [0, 0.1) is 5.41 Å². The number of aliphatic hydroxyl groups is 1. The number of carbonyl (C=O) groups is 1. The van der Waals surface area contributed by atoms with Crippen LogP contribution in [0.4, 0.5) is 4.79 Å². The van der Waals surface area contributed by atoms with E-state index in [9.17, 15) is 9.90 Å². The zero-order valence-corrected chi connectivity index (χ0v) is 15.7. The number of hydrogen-bond acceptors (Lipinski definition) is 3. The summed E-state index contributed by atoms with van der Waals surface area (Å²) in [5, 5.41) is 15.5. The molecule has 1 saturated heterocycles. The fourth-order valence-electron chi connectivity index (χ4n) is 3.51. The van der Waals surface area contributed by atoms with Crippen molar-refractivity contribution < 1.29 is 14.6 Å². The molecule has 1 fully saturated rings. The lowest BCUT2D eigenvalue weighted by Crippen LogP contribution is -2.50. The van der Waals surface area contributed by atoms with Crippen molar-refractivity contribution >= 4 is 6.03 Å². The average molecular weight is 348 g/mol. The van der Waals surface area contributed by atoms with Gasteiger partial charge in [-0.15, -0.1) is 0 Å². The summed E-state index contributed by atoms with van der Waals surface area (Å²) in [4.78, 5) is 12.3. The molecule has 3 N–H and O–H groups in total. The van der Waals surface area contributed by atoms with E-state index in [0.717, 1.165) is 19.3 Å². The predicted octanol–water partition coefficient (Wildman–Crippen LogP) is 2.83. The van der Waals surface area contributed by atoms with Gasteiger partial charge in [0.1, 0.15) is 0 Å². The standard InChI is InChI=1S/C20H32N2O3/c1-19(2,3)13-17(14-23)22-18(24)21-15-20(9-11-25-12-10-20)16-7-5-4-6-8-16/h4-8,17,23H,9-15H2,1-3H3,(H2,21,22,24). The lowest BCUT2D eigenvalue weighted by Gasteiger charge is -2.38. The summed E-state index contributed by atoms with van der Waals surface area (Å²) in [5.74, 6) is 0. The van der Waals surface area contributed by atoms with Crippen LogP contribution in [0.15, 0.2) is 30.3 Å². The van der Waals surface area contributed by atoms with E-state index in [-0.39, 0.29) is 29.5 Å². The first-order chi connectivity index (χ1) is 11.8. The van der Waals surface area contributed by atoms with Crippen LogP contribution in [0.25, 0.3) is 0 Å². The van der Waals surface area contributed by atoms with Crippen molar-refractivity contribution in [2.45, 2.75) is 51.5 Å². The quantitative estimate of drug-likeness (QED) is 0.740. The van der Waals surface area contributed by atoms with Gasteiger partial charge < -0.3 is 20.5 Å². The Hall–Kier alpha value is -1.59. The Balaban J connectivity index is 1.97. The largest absolute Gasteiger partial charge is 0.394 e. The van der Waals surface area contributed by atoms with Crippen LogP contribution in [-0.2, 0) is 10.2 Å². The topological polar surface area (TPSA) is 70.6 Å². The number of hydrogen-bond donors (Lipinski definition) is 3. The van der Waals surface area contributed by atoms with Crippen LogP contribution < -0.4 is 10.6 Å². The molecule has 2 rings (SSSR count). The fraction of sp³-hybridized carbons (Fsp3) is 0.650. The van der Waals surface area contributed by atoms with E-state index < -0.39 is 0 Å². The molecule has 1 atom stereocenters. The number of benzene rings is 1. The molecular formula is C20H32N2O3. The molecule has 1 aromatic carbocycles. The molecule has 0 aromatic heterocycles. The first-order valence-electron chi connectivity index (χ1n) is 9.13. The Labute approximate surface area is 151 Å². The number of aliphatic hydroxyl groups excluding tert-OH is 1. The van der Waals surface area contributed by atoms with Crippen molar-refractivity contribution in [2.75, 3.05) is 26.4 Å². The number of urea groups is 1. The summed E-state index contributed by atoms with van der Waals surface area (Å²) in [6.45, 7) is 8.23. The summed E-state index contributed by atoms with van der Waals surface area (Å²) >= 11 is 0. The Morgan fingerprint density at radius 1 is 1.24 bits per heavy atom. The lowest BCUT2D eigenvalue weighted by molar-refractivity contribution is 0.0506. The first kappa shape index (κ1) is 19.7. The molecule has 1 aliphatic heterocycles. The van der Waals surface area contributed by atoms with Crippen LogP contribution in [0.2, 0.25) is 0 Å². The zero-order chi connectivity index (χ0) is 18.3. The molecule has 1 aromatic rings. The van der Waals surface area contributed by atoms with Crippen LogP contribution in [0.3, 0.4) is 0 Å². The molecule has 2 amide bonds. The highest BCUT2D eigenvalue weighted by Crippen LogP contribution is 2.34. The summed E-state index contributed by atoms with van der Waals surface area (Å²) in [5.41, 5.74) is 1.20. The van der Waals surface area contributed by atoms with Crippen molar-refractivity contribution in [3.63, 3.8) is 0 Å². The SMILES string of the molecule is CC(C)(C)CC(CO)NC(=O)NCC1(c2ccccc2)CCOCC1. The Bertz CT molecular complexity index is 534. The van der Waals surface area contributed by atoms with Gasteiger partial charge in [-0.25, -0.2) is 4.79 Å². The van der Waals surface area contributed by atoms with Crippen LogP contribution in [-0.4, -0.2) is 43.5 Å². The second-order valence-corrected chi connectivity index (χ2v) is 8.23. The van der Waals surface area contributed by atoms with Gasteiger partial charge in [-0.05, 0) is 30.2 Å². The summed E-state index contributed by atoms with van der Waals surface area (Å²) in [6.07, 6.45) is 2.51. The van der Waals surface area contributed by atoms with Crippen LogP contribution in [0.5, 0.6) is 0 Å². The van der Waals surface area contributed by atoms with E-state index in [1.165, 1.54) is 5.56 Å². The number of amides is 2. The molecular weight excluding hydrogens is 316 g/mol. The molecule has 5 nitrogen and oxygen atoms in total. The first-order valence-corrected chi connectivity index (χ1v) is 9.13. The van der Waals surface area contributed by atoms with E-state index in [2.05, 4.69) is 43.5 Å². The molecule has 0 spiro atoms. The molecule has 0 saturated carbocycles. The maximum atomic E-state index is 12.3. The van der Waals surface area contributed by atoms with Gasteiger partial charge >= 0.3 is 6.03 Å². The van der Waals surface area contributed by atoms with E-state index in [4.69, 9.17) is 4.74 Å². The molecule has 1 heterocycles. The van der Waals surface area contributed by atoms with Crippen molar-refractivity contribution in [1.82, 2.24) is 10.6 Å². The van der Waals surface area contributed by atoms with Gasteiger partial charge in [0.05, 0.1) is 12.6 Å². The third-order valence-corrected chi connectivity index (χ3v) is 4.84. The third-order valence-electron chi connectivity index (χ3n) is 4.84. The smallest absolute Gasteiger partial charge is 0.315 e. The molecule has 5 heteroatoms. The highest BCUT2D eigenvalue weighted by atomic mass is 16.5. The molecule has 0 bridgehead atoms. The Kier molecular flexibility index (Phi) is 6.85. The maximum absolute atomic E-state index is 12.3. The van der Waals surface area contributed by atoms with E-state index >= 15 is 0 Å². The second-order valence-electron chi connectivity index (χ2n) is 8.23. The minimum atomic E-state index is -0.234. The summed E-state index contributed by atoms with van der Waals surface area (Å²) in [7, 11) is 0. The number of rotatable bonds is 6. The number of carbonyl (C=O) groups excluding carboxylic acids is 1. The normalized spacial score (nSPS) is 18.4. The van der Waals surface area contributed by atoms with Crippen molar-refractivity contribution in [2.24, 2.45) is 5.41 Å². The molecule has 0 aliphatic carbocycles. The van der Waals surface area contributed by atoms with Crippen molar-refractivity contribution in [3.05, 3.63) is 35.9 Å². The van der Waals surface area contributed by atoms with Gasteiger partial charge in [0, 0.05) is 25.2 Å². The minimum absolute atomic E-state index is 0.0483. The van der Waals surface area contributed by atoms with Crippen LogP contribution >= 0.6 is 0 Å². The molecule has 25 heavy (non-hydrogen) atoms. The monoisotopic (exact) mass is 348 g/mol. The third kappa shape index (κ3) is 6.01. The highest BCUT2D eigenvalue weighted by molar-refractivity contribution is 5.74. The second kappa shape index (κ2) is 8.68. The van der Waals surface area contributed by atoms with Crippen molar-refractivity contribution in [3.8, 4) is 0 Å². The zero-order valence-electron chi connectivity index (χ0n) is 15.7. The maximum Gasteiger partial charge on any atom is 0.315 e. The van der Waals surface area contributed by atoms with E-state index in [0.29, 0.717) is 19.8 Å². The Morgan fingerprint density at radius 3 is 2.44 bits per heavy atom. The minimum Gasteiger partial charge on any atom is -0.394 e. The summed E-state index contributed by atoms with van der Waals surface area (Å²) in [6, 6.07) is 9.89.